The minimum atomic E-state index is -0.0253. The van der Waals surface area contributed by atoms with Crippen molar-refractivity contribution >= 4 is 34.3 Å². The molecule has 0 unspecified atom stereocenters. The number of aryl methyl sites for hydroxylation is 2. The molecule has 0 aliphatic carbocycles. The number of hydrogen-bond donors (Lipinski definition) is 1. The number of ether oxygens (including phenoxy) is 1. The lowest BCUT2D eigenvalue weighted by molar-refractivity contribution is -0.116. The zero-order valence-corrected chi connectivity index (χ0v) is 15.2. The number of thiophene rings is 1. The number of benzene rings is 1. The Bertz CT molecular complexity index is 825. The molecule has 6 heteroatoms. The molecule has 0 fully saturated rings. The molecule has 2 aromatic heterocycles. The molecule has 2 heterocycles. The summed E-state index contributed by atoms with van der Waals surface area (Å²) < 4.78 is 5.26. The monoisotopic (exact) mass is 358 g/mol. The number of aromatic nitrogens is 1. The minimum Gasteiger partial charge on any atom is -0.495 e. The van der Waals surface area contributed by atoms with Gasteiger partial charge < -0.3 is 10.1 Å². The Balaban J connectivity index is 1.67. The van der Waals surface area contributed by atoms with Crippen LogP contribution in [0.25, 0.3) is 10.6 Å². The molecule has 0 saturated carbocycles. The third-order valence-electron chi connectivity index (χ3n) is 3.52. The third kappa shape index (κ3) is 3.83. The van der Waals surface area contributed by atoms with E-state index in [0.29, 0.717) is 24.3 Å². The Morgan fingerprint density at radius 1 is 1.25 bits per heavy atom. The molecule has 0 saturated heterocycles. The SMILES string of the molecule is COc1ccccc1NC(=O)CCc1sc(C)nc1-c1cccs1. The molecule has 0 aliphatic heterocycles. The van der Waals surface area contributed by atoms with Gasteiger partial charge in [0, 0.05) is 11.3 Å². The molecule has 0 spiro atoms. The Morgan fingerprint density at radius 2 is 2.08 bits per heavy atom. The summed E-state index contributed by atoms with van der Waals surface area (Å²) in [6, 6.07) is 11.5. The number of hydrogen-bond acceptors (Lipinski definition) is 5. The van der Waals surface area contributed by atoms with Crippen LogP contribution in [0.2, 0.25) is 0 Å². The summed E-state index contributed by atoms with van der Waals surface area (Å²) in [5, 5.41) is 5.99. The van der Waals surface area contributed by atoms with Gasteiger partial charge in [-0.05, 0) is 36.9 Å². The first-order chi connectivity index (χ1) is 11.7. The molecule has 24 heavy (non-hydrogen) atoms. The van der Waals surface area contributed by atoms with E-state index in [1.54, 1.807) is 29.8 Å². The molecular weight excluding hydrogens is 340 g/mol. The van der Waals surface area contributed by atoms with Crippen LogP contribution in [0, 0.1) is 6.92 Å². The van der Waals surface area contributed by atoms with E-state index in [1.165, 1.54) is 0 Å². The van der Waals surface area contributed by atoms with Crippen LogP contribution in [0.3, 0.4) is 0 Å². The quantitative estimate of drug-likeness (QED) is 0.691. The van der Waals surface area contributed by atoms with Crippen molar-refractivity contribution in [2.24, 2.45) is 0 Å². The fraction of sp³-hybridized carbons (Fsp3) is 0.222. The van der Waals surface area contributed by atoms with Gasteiger partial charge in [-0.1, -0.05) is 18.2 Å². The van der Waals surface area contributed by atoms with Gasteiger partial charge in [0.2, 0.25) is 5.91 Å². The zero-order chi connectivity index (χ0) is 16.9. The lowest BCUT2D eigenvalue weighted by Crippen LogP contribution is -2.12. The van der Waals surface area contributed by atoms with E-state index in [9.17, 15) is 4.79 Å². The molecular formula is C18H18N2O2S2. The molecule has 0 radical (unpaired) electrons. The van der Waals surface area contributed by atoms with Gasteiger partial charge in [0.1, 0.15) is 5.75 Å². The third-order valence-corrected chi connectivity index (χ3v) is 5.43. The van der Waals surface area contributed by atoms with Crippen LogP contribution in [-0.2, 0) is 11.2 Å². The predicted octanol–water partition coefficient (Wildman–Crippen LogP) is 4.76. The van der Waals surface area contributed by atoms with Crippen LogP contribution in [0.15, 0.2) is 41.8 Å². The maximum absolute atomic E-state index is 12.3. The molecule has 4 nitrogen and oxygen atoms in total. The van der Waals surface area contributed by atoms with Crippen LogP contribution in [0.4, 0.5) is 5.69 Å². The summed E-state index contributed by atoms with van der Waals surface area (Å²) >= 11 is 3.33. The molecule has 1 N–H and O–H groups in total. The molecule has 0 aliphatic rings. The van der Waals surface area contributed by atoms with Crippen molar-refractivity contribution in [2.75, 3.05) is 12.4 Å². The van der Waals surface area contributed by atoms with Gasteiger partial charge in [-0.3, -0.25) is 4.79 Å². The van der Waals surface area contributed by atoms with Gasteiger partial charge in [-0.15, -0.1) is 22.7 Å². The van der Waals surface area contributed by atoms with Crippen molar-refractivity contribution in [3.05, 3.63) is 51.7 Å². The number of anilines is 1. The summed E-state index contributed by atoms with van der Waals surface area (Å²) in [6.45, 7) is 2.00. The normalized spacial score (nSPS) is 10.6. The highest BCUT2D eigenvalue weighted by Gasteiger charge is 2.14. The standard InChI is InChI=1S/C18H18N2O2S2/c1-12-19-18(15-8-5-11-23-15)16(24-12)9-10-17(21)20-13-6-3-4-7-14(13)22-2/h3-8,11H,9-10H2,1-2H3,(H,20,21). The number of nitrogens with zero attached hydrogens (tertiary/aromatic N) is 1. The summed E-state index contributed by atoms with van der Waals surface area (Å²) in [7, 11) is 1.60. The van der Waals surface area contributed by atoms with Crippen molar-refractivity contribution in [1.82, 2.24) is 4.98 Å². The van der Waals surface area contributed by atoms with Crippen LogP contribution >= 0.6 is 22.7 Å². The van der Waals surface area contributed by atoms with Crippen LogP contribution in [0.5, 0.6) is 5.75 Å². The fourth-order valence-corrected chi connectivity index (χ4v) is 4.19. The number of para-hydroxylation sites is 2. The number of nitrogens with one attached hydrogen (secondary N) is 1. The van der Waals surface area contributed by atoms with E-state index in [4.69, 9.17) is 4.74 Å². The number of methoxy groups -OCH3 is 1. The van der Waals surface area contributed by atoms with E-state index in [2.05, 4.69) is 16.4 Å². The van der Waals surface area contributed by atoms with Crippen molar-refractivity contribution in [2.45, 2.75) is 19.8 Å². The highest BCUT2D eigenvalue weighted by atomic mass is 32.1. The smallest absolute Gasteiger partial charge is 0.224 e. The molecule has 1 aromatic carbocycles. The van der Waals surface area contributed by atoms with Crippen LogP contribution in [0.1, 0.15) is 16.3 Å². The summed E-state index contributed by atoms with van der Waals surface area (Å²) in [4.78, 5) is 19.2. The predicted molar refractivity (Wildman–Crippen MR) is 100 cm³/mol. The Labute approximate surface area is 149 Å². The second-order valence-electron chi connectivity index (χ2n) is 5.23. The number of thiazole rings is 1. The maximum Gasteiger partial charge on any atom is 0.224 e. The fourth-order valence-electron chi connectivity index (χ4n) is 2.43. The average Bonchev–Trinajstić information content (AvgIpc) is 3.22. The molecule has 124 valence electrons. The largest absolute Gasteiger partial charge is 0.495 e. The maximum atomic E-state index is 12.3. The first kappa shape index (κ1) is 16.7. The van der Waals surface area contributed by atoms with Crippen molar-refractivity contribution < 1.29 is 9.53 Å². The summed E-state index contributed by atoms with van der Waals surface area (Å²) in [5.41, 5.74) is 1.71. The molecule has 1 amide bonds. The molecule has 3 rings (SSSR count). The summed E-state index contributed by atoms with van der Waals surface area (Å²) in [6.07, 6.45) is 1.10. The zero-order valence-electron chi connectivity index (χ0n) is 13.5. The lowest BCUT2D eigenvalue weighted by Gasteiger charge is -2.09. The van der Waals surface area contributed by atoms with Gasteiger partial charge in [-0.25, -0.2) is 4.98 Å². The first-order valence-electron chi connectivity index (χ1n) is 7.60. The number of amides is 1. The van der Waals surface area contributed by atoms with E-state index >= 15 is 0 Å². The minimum absolute atomic E-state index is 0.0253. The highest BCUT2D eigenvalue weighted by molar-refractivity contribution is 7.15. The number of rotatable bonds is 6. The van der Waals surface area contributed by atoms with Gasteiger partial charge in [-0.2, -0.15) is 0 Å². The Hall–Kier alpha value is -2.18. The van der Waals surface area contributed by atoms with Gasteiger partial charge in [0.15, 0.2) is 0 Å². The topological polar surface area (TPSA) is 51.2 Å². The van der Waals surface area contributed by atoms with Crippen molar-refractivity contribution in [3.63, 3.8) is 0 Å². The van der Waals surface area contributed by atoms with Crippen LogP contribution < -0.4 is 10.1 Å². The average molecular weight is 358 g/mol. The van der Waals surface area contributed by atoms with Gasteiger partial charge in [0.05, 0.1) is 28.4 Å². The van der Waals surface area contributed by atoms with Gasteiger partial charge >= 0.3 is 0 Å². The van der Waals surface area contributed by atoms with Crippen molar-refractivity contribution in [3.8, 4) is 16.3 Å². The Morgan fingerprint density at radius 3 is 2.83 bits per heavy atom. The van der Waals surface area contributed by atoms with Gasteiger partial charge in [0.25, 0.3) is 0 Å². The number of carbonyl (C=O) groups is 1. The number of carbonyl (C=O) groups excluding carboxylic acids is 1. The molecule has 0 bridgehead atoms. The van der Waals surface area contributed by atoms with E-state index in [-0.39, 0.29) is 5.91 Å². The summed E-state index contributed by atoms with van der Waals surface area (Å²) in [5.74, 6) is 0.640. The first-order valence-corrected chi connectivity index (χ1v) is 9.30. The Kier molecular flexibility index (Phi) is 5.27. The second-order valence-corrected chi connectivity index (χ2v) is 7.47. The lowest BCUT2D eigenvalue weighted by atomic mass is 10.2. The van der Waals surface area contributed by atoms with E-state index < -0.39 is 0 Å². The molecule has 3 aromatic rings. The molecule has 0 atom stereocenters. The van der Waals surface area contributed by atoms with Crippen molar-refractivity contribution in [1.29, 1.82) is 0 Å². The van der Waals surface area contributed by atoms with E-state index in [0.717, 1.165) is 20.5 Å². The second kappa shape index (κ2) is 7.59. The highest BCUT2D eigenvalue weighted by Crippen LogP contribution is 2.32. The van der Waals surface area contributed by atoms with E-state index in [1.807, 2.05) is 42.6 Å². The van der Waals surface area contributed by atoms with Crippen LogP contribution in [-0.4, -0.2) is 18.0 Å².